The lowest BCUT2D eigenvalue weighted by Crippen LogP contribution is -2.44. The highest BCUT2D eigenvalue weighted by atomic mass is 19.1. The molecule has 8 heteroatoms. The summed E-state index contributed by atoms with van der Waals surface area (Å²) in [6.07, 6.45) is 3.21. The maximum Gasteiger partial charge on any atom is 0.149 e. The molecule has 0 bridgehead atoms. The SMILES string of the molecule is COC[C@H]1Cn2cc(-c3cc(NC(C)C)ncc3F)cc2CN1Cc1cc(F)ccc1CO. The number of hydrogen-bond donors (Lipinski definition) is 2. The van der Waals surface area contributed by atoms with E-state index in [0.717, 1.165) is 16.8 Å². The Morgan fingerprint density at radius 1 is 1.21 bits per heavy atom. The molecule has 0 radical (unpaired) electrons. The average Bonchev–Trinajstić information content (AvgIpc) is 3.18. The van der Waals surface area contributed by atoms with Gasteiger partial charge in [0.2, 0.25) is 0 Å². The van der Waals surface area contributed by atoms with Crippen LogP contribution in [0.25, 0.3) is 11.1 Å². The maximum absolute atomic E-state index is 14.7. The molecule has 0 fully saturated rings. The van der Waals surface area contributed by atoms with Crippen molar-refractivity contribution in [2.75, 3.05) is 19.0 Å². The number of pyridine rings is 1. The van der Waals surface area contributed by atoms with Gasteiger partial charge in [0.15, 0.2) is 0 Å². The summed E-state index contributed by atoms with van der Waals surface area (Å²) >= 11 is 0. The van der Waals surface area contributed by atoms with E-state index in [1.807, 2.05) is 26.1 Å². The molecule has 2 N–H and O–H groups in total. The van der Waals surface area contributed by atoms with E-state index in [9.17, 15) is 13.9 Å². The summed E-state index contributed by atoms with van der Waals surface area (Å²) in [6, 6.07) is 8.43. The van der Waals surface area contributed by atoms with Crippen molar-refractivity contribution in [3.63, 3.8) is 0 Å². The zero-order chi connectivity index (χ0) is 23.5. The van der Waals surface area contributed by atoms with Gasteiger partial charge in [-0.05, 0) is 49.2 Å². The lowest BCUT2D eigenvalue weighted by Gasteiger charge is -2.36. The fourth-order valence-electron chi connectivity index (χ4n) is 4.37. The van der Waals surface area contributed by atoms with Crippen molar-refractivity contribution in [3.05, 3.63) is 71.2 Å². The molecule has 1 aliphatic heterocycles. The number of ether oxygens (including phenoxy) is 1. The number of aromatic nitrogens is 2. The predicted molar refractivity (Wildman–Crippen MR) is 124 cm³/mol. The number of fused-ring (bicyclic) bond motifs is 1. The summed E-state index contributed by atoms with van der Waals surface area (Å²) in [5.41, 5.74) is 3.78. The smallest absolute Gasteiger partial charge is 0.149 e. The molecular weight excluding hydrogens is 426 g/mol. The van der Waals surface area contributed by atoms with Crippen LogP contribution in [0.1, 0.15) is 30.7 Å². The molecule has 4 rings (SSSR count). The molecule has 1 aromatic carbocycles. The Hall–Kier alpha value is -2.81. The van der Waals surface area contributed by atoms with Crippen LogP contribution in [0, 0.1) is 11.6 Å². The second kappa shape index (κ2) is 9.99. The zero-order valence-electron chi connectivity index (χ0n) is 19.2. The van der Waals surface area contributed by atoms with Crippen molar-refractivity contribution in [3.8, 4) is 11.1 Å². The number of aliphatic hydroxyl groups is 1. The van der Waals surface area contributed by atoms with Gasteiger partial charge in [0.1, 0.15) is 17.5 Å². The number of rotatable bonds is 8. The lowest BCUT2D eigenvalue weighted by molar-refractivity contribution is 0.0536. The van der Waals surface area contributed by atoms with Gasteiger partial charge < -0.3 is 19.7 Å². The first-order valence-electron chi connectivity index (χ1n) is 11.1. The summed E-state index contributed by atoms with van der Waals surface area (Å²) in [7, 11) is 1.66. The van der Waals surface area contributed by atoms with E-state index in [1.165, 1.54) is 18.3 Å². The van der Waals surface area contributed by atoms with Crippen molar-refractivity contribution in [1.82, 2.24) is 14.5 Å². The third-order valence-electron chi connectivity index (χ3n) is 5.95. The maximum atomic E-state index is 14.7. The van der Waals surface area contributed by atoms with Crippen molar-refractivity contribution in [1.29, 1.82) is 0 Å². The quantitative estimate of drug-likeness (QED) is 0.533. The fourth-order valence-corrected chi connectivity index (χ4v) is 4.37. The highest BCUT2D eigenvalue weighted by Gasteiger charge is 2.28. The average molecular weight is 457 g/mol. The molecule has 33 heavy (non-hydrogen) atoms. The molecule has 0 saturated heterocycles. The number of hydrogen-bond acceptors (Lipinski definition) is 5. The summed E-state index contributed by atoms with van der Waals surface area (Å²) < 4.78 is 36.1. The summed E-state index contributed by atoms with van der Waals surface area (Å²) in [5, 5.41) is 12.9. The Morgan fingerprint density at radius 3 is 2.76 bits per heavy atom. The van der Waals surface area contributed by atoms with E-state index in [4.69, 9.17) is 4.74 Å². The van der Waals surface area contributed by atoms with Crippen LogP contribution in [-0.4, -0.2) is 45.4 Å². The molecule has 176 valence electrons. The van der Waals surface area contributed by atoms with Gasteiger partial charge in [-0.1, -0.05) is 6.07 Å². The Bertz CT molecular complexity index is 1120. The standard InChI is InChI=1S/C25H30F2N4O2/c1-16(2)29-25-8-23(24(27)9-28-25)19-7-21-12-31(22(15-33-3)13-30(21)11-19)10-18-6-20(26)5-4-17(18)14-32/h4-9,11,16,22,32H,10,12-15H2,1-3H3,(H,28,29)/t22-/m1/s1. The Kier molecular flexibility index (Phi) is 7.07. The minimum Gasteiger partial charge on any atom is -0.392 e. The van der Waals surface area contributed by atoms with Crippen LogP contribution in [0.15, 0.2) is 42.7 Å². The molecule has 0 aliphatic carbocycles. The molecule has 3 heterocycles. The molecule has 1 aliphatic rings. The van der Waals surface area contributed by atoms with Gasteiger partial charge >= 0.3 is 0 Å². The van der Waals surface area contributed by atoms with E-state index in [-0.39, 0.29) is 30.3 Å². The highest BCUT2D eigenvalue weighted by molar-refractivity contribution is 5.67. The van der Waals surface area contributed by atoms with Crippen molar-refractivity contribution in [2.45, 2.75) is 52.2 Å². The number of halogens is 2. The van der Waals surface area contributed by atoms with Crippen molar-refractivity contribution < 1.29 is 18.6 Å². The number of aliphatic hydroxyl groups excluding tert-OH is 1. The van der Waals surface area contributed by atoms with Gasteiger partial charge in [-0.15, -0.1) is 0 Å². The van der Waals surface area contributed by atoms with Crippen LogP contribution in [0.5, 0.6) is 0 Å². The first kappa shape index (κ1) is 23.4. The van der Waals surface area contributed by atoms with Crippen LogP contribution in [-0.2, 0) is 31.0 Å². The number of methoxy groups -OCH3 is 1. The molecule has 0 saturated carbocycles. The third kappa shape index (κ3) is 5.24. The molecule has 0 unspecified atom stereocenters. The molecule has 3 aromatic rings. The van der Waals surface area contributed by atoms with Crippen molar-refractivity contribution >= 4 is 5.82 Å². The zero-order valence-corrected chi connectivity index (χ0v) is 19.2. The number of nitrogens with zero attached hydrogens (tertiary/aromatic N) is 3. The van der Waals surface area contributed by atoms with Crippen LogP contribution < -0.4 is 5.32 Å². The number of benzene rings is 1. The molecule has 1 atom stereocenters. The van der Waals surface area contributed by atoms with Gasteiger partial charge in [-0.2, -0.15) is 0 Å². The Morgan fingerprint density at radius 2 is 2.03 bits per heavy atom. The van der Waals surface area contributed by atoms with E-state index in [1.54, 1.807) is 19.2 Å². The van der Waals surface area contributed by atoms with Crippen molar-refractivity contribution in [2.24, 2.45) is 0 Å². The molecule has 2 aromatic heterocycles. The third-order valence-corrected chi connectivity index (χ3v) is 5.95. The van der Waals surface area contributed by atoms with Crippen LogP contribution >= 0.6 is 0 Å². The van der Waals surface area contributed by atoms with Gasteiger partial charge in [0, 0.05) is 55.8 Å². The predicted octanol–water partition coefficient (Wildman–Crippen LogP) is 4.17. The molecule has 6 nitrogen and oxygen atoms in total. The lowest BCUT2D eigenvalue weighted by atomic mass is 10.0. The first-order valence-corrected chi connectivity index (χ1v) is 11.1. The van der Waals surface area contributed by atoms with E-state index >= 15 is 0 Å². The number of anilines is 1. The summed E-state index contributed by atoms with van der Waals surface area (Å²) in [6.45, 7) is 6.11. The topological polar surface area (TPSA) is 62.5 Å². The van der Waals surface area contributed by atoms with Gasteiger partial charge in [0.05, 0.1) is 25.5 Å². The van der Waals surface area contributed by atoms with E-state index < -0.39 is 0 Å². The minimum absolute atomic E-state index is 0.0537. The van der Waals surface area contributed by atoms with Crippen LogP contribution in [0.2, 0.25) is 0 Å². The van der Waals surface area contributed by atoms with Gasteiger partial charge in [0.25, 0.3) is 0 Å². The minimum atomic E-state index is -0.370. The van der Waals surface area contributed by atoms with E-state index in [0.29, 0.717) is 43.2 Å². The van der Waals surface area contributed by atoms with E-state index in [2.05, 4.69) is 19.8 Å². The van der Waals surface area contributed by atoms with Crippen LogP contribution in [0.3, 0.4) is 0 Å². The summed E-state index contributed by atoms with van der Waals surface area (Å²) in [5.74, 6) is -0.0656. The highest BCUT2D eigenvalue weighted by Crippen LogP contribution is 2.31. The Labute approximate surface area is 192 Å². The van der Waals surface area contributed by atoms with Crippen LogP contribution in [0.4, 0.5) is 14.6 Å². The second-order valence-corrected chi connectivity index (χ2v) is 8.81. The molecule has 0 amide bonds. The molecule has 0 spiro atoms. The normalized spacial score (nSPS) is 16.3. The second-order valence-electron chi connectivity index (χ2n) is 8.81. The fraction of sp³-hybridized carbons (Fsp3) is 0.400. The number of nitrogens with one attached hydrogen (secondary N) is 1. The summed E-state index contributed by atoms with van der Waals surface area (Å²) in [4.78, 5) is 6.35. The largest absolute Gasteiger partial charge is 0.392 e. The monoisotopic (exact) mass is 456 g/mol. The Balaban J connectivity index is 1.63. The van der Waals surface area contributed by atoms with Gasteiger partial charge in [-0.3, -0.25) is 4.90 Å². The molecular formula is C25H30F2N4O2. The van der Waals surface area contributed by atoms with Gasteiger partial charge in [-0.25, -0.2) is 13.8 Å². The first-order chi connectivity index (χ1) is 15.9.